The largest absolute Gasteiger partial charge is 0.478 e. The molecule has 5 heteroatoms. The summed E-state index contributed by atoms with van der Waals surface area (Å²) in [6, 6.07) is 1.77. The number of nitrogens with zero attached hydrogens (tertiary/aromatic N) is 1. The molecule has 0 spiro atoms. The van der Waals surface area contributed by atoms with Gasteiger partial charge >= 0.3 is 5.97 Å². The molecule has 0 aliphatic carbocycles. The number of H-pyrrole nitrogens is 1. The molecule has 0 bridgehead atoms. The first-order valence-electron chi connectivity index (χ1n) is 3.96. The van der Waals surface area contributed by atoms with Crippen LogP contribution < -0.4 is 0 Å². The van der Waals surface area contributed by atoms with Gasteiger partial charge < -0.3 is 10.1 Å². The van der Waals surface area contributed by atoms with Crippen molar-refractivity contribution in [3.05, 3.63) is 28.5 Å². The number of hydrogen-bond donors (Lipinski definition) is 2. The summed E-state index contributed by atoms with van der Waals surface area (Å²) >= 11 is 5.91. The summed E-state index contributed by atoms with van der Waals surface area (Å²) in [4.78, 5) is 17.7. The van der Waals surface area contributed by atoms with E-state index in [0.717, 1.165) is 5.69 Å². The van der Waals surface area contributed by atoms with Crippen molar-refractivity contribution in [2.45, 2.75) is 6.92 Å². The molecule has 14 heavy (non-hydrogen) atoms. The van der Waals surface area contributed by atoms with E-state index in [1.54, 1.807) is 6.07 Å². The van der Waals surface area contributed by atoms with E-state index in [0.29, 0.717) is 11.0 Å². The van der Waals surface area contributed by atoms with Crippen LogP contribution in [0.2, 0.25) is 5.02 Å². The maximum atomic E-state index is 10.7. The average molecular weight is 211 g/mol. The first-order valence-corrected chi connectivity index (χ1v) is 4.34. The number of pyridine rings is 1. The molecule has 0 fully saturated rings. The molecule has 0 radical (unpaired) electrons. The van der Waals surface area contributed by atoms with Crippen molar-refractivity contribution in [1.29, 1.82) is 0 Å². The lowest BCUT2D eigenvalue weighted by Crippen LogP contribution is -1.98. The van der Waals surface area contributed by atoms with Crippen LogP contribution in [0, 0.1) is 6.92 Å². The Hall–Kier alpha value is -1.55. The van der Waals surface area contributed by atoms with Crippen molar-refractivity contribution < 1.29 is 9.90 Å². The highest BCUT2D eigenvalue weighted by Crippen LogP contribution is 2.25. The summed E-state index contributed by atoms with van der Waals surface area (Å²) < 4.78 is 0. The Balaban J connectivity index is 2.80. The Morgan fingerprint density at radius 2 is 2.36 bits per heavy atom. The van der Waals surface area contributed by atoms with Crippen LogP contribution in [0.25, 0.3) is 11.0 Å². The van der Waals surface area contributed by atoms with Crippen LogP contribution in [-0.4, -0.2) is 21.0 Å². The third kappa shape index (κ3) is 1.24. The Kier molecular flexibility index (Phi) is 1.93. The zero-order valence-corrected chi connectivity index (χ0v) is 8.09. The molecule has 0 saturated heterocycles. The van der Waals surface area contributed by atoms with Gasteiger partial charge in [-0.05, 0) is 13.0 Å². The van der Waals surface area contributed by atoms with Gasteiger partial charge in [-0.25, -0.2) is 9.78 Å². The van der Waals surface area contributed by atoms with Gasteiger partial charge in [0, 0.05) is 17.3 Å². The molecule has 0 aromatic carbocycles. The van der Waals surface area contributed by atoms with Crippen molar-refractivity contribution in [3.8, 4) is 0 Å². The molecule has 2 heterocycles. The Morgan fingerprint density at radius 1 is 1.64 bits per heavy atom. The molecule has 0 atom stereocenters. The number of aromatic nitrogens is 2. The lowest BCUT2D eigenvalue weighted by atomic mass is 10.2. The van der Waals surface area contributed by atoms with Crippen LogP contribution in [0.4, 0.5) is 0 Å². The molecule has 0 amide bonds. The Labute approximate surface area is 84.5 Å². The van der Waals surface area contributed by atoms with E-state index in [2.05, 4.69) is 9.97 Å². The van der Waals surface area contributed by atoms with E-state index in [-0.39, 0.29) is 10.6 Å². The molecule has 72 valence electrons. The minimum Gasteiger partial charge on any atom is -0.478 e. The number of carboxylic acids is 1. The third-order valence-corrected chi connectivity index (χ3v) is 2.36. The fraction of sp³-hybridized carbons (Fsp3) is 0.111. The second-order valence-corrected chi connectivity index (χ2v) is 3.38. The molecule has 2 N–H and O–H groups in total. The summed E-state index contributed by atoms with van der Waals surface area (Å²) in [6.07, 6.45) is 1.25. The zero-order valence-electron chi connectivity index (χ0n) is 7.34. The molecule has 0 unspecified atom stereocenters. The predicted molar refractivity (Wildman–Crippen MR) is 52.8 cm³/mol. The maximum absolute atomic E-state index is 10.7. The Bertz CT molecular complexity index is 519. The number of rotatable bonds is 1. The first kappa shape index (κ1) is 9.02. The van der Waals surface area contributed by atoms with Crippen molar-refractivity contribution in [2.24, 2.45) is 0 Å². The summed E-state index contributed by atoms with van der Waals surface area (Å²) in [6.45, 7) is 1.86. The van der Waals surface area contributed by atoms with E-state index in [1.807, 2.05) is 6.92 Å². The van der Waals surface area contributed by atoms with Gasteiger partial charge in [0.25, 0.3) is 0 Å². The topological polar surface area (TPSA) is 66.0 Å². The number of aromatic carboxylic acids is 1. The SMILES string of the molecule is Cc1cc2c(Cl)c(C(=O)O)cnc2[nH]1. The quantitative estimate of drug-likeness (QED) is 0.759. The number of carboxylic acid groups (broad SMARTS) is 1. The Morgan fingerprint density at radius 3 is 3.00 bits per heavy atom. The summed E-state index contributed by atoms with van der Waals surface area (Å²) in [7, 11) is 0. The average Bonchev–Trinajstić information content (AvgIpc) is 2.46. The number of carbonyl (C=O) groups is 1. The molecule has 0 aliphatic rings. The highest BCUT2D eigenvalue weighted by Gasteiger charge is 2.13. The van der Waals surface area contributed by atoms with Gasteiger partial charge in [-0.2, -0.15) is 0 Å². The van der Waals surface area contributed by atoms with Gasteiger partial charge in [-0.1, -0.05) is 11.6 Å². The second-order valence-electron chi connectivity index (χ2n) is 3.01. The number of aromatic amines is 1. The lowest BCUT2D eigenvalue weighted by Gasteiger charge is -1.98. The summed E-state index contributed by atoms with van der Waals surface area (Å²) in [5.41, 5.74) is 1.53. The van der Waals surface area contributed by atoms with Crippen LogP contribution >= 0.6 is 11.6 Å². The standard InChI is InChI=1S/C9H7ClN2O2/c1-4-2-5-7(10)6(9(13)14)3-11-8(5)12-4/h2-3H,1H3,(H,11,12)(H,13,14). The summed E-state index contributed by atoms with van der Waals surface area (Å²) in [5.74, 6) is -1.07. The molecule has 0 saturated carbocycles. The second kappa shape index (κ2) is 2.99. The lowest BCUT2D eigenvalue weighted by molar-refractivity contribution is 0.0697. The zero-order chi connectivity index (χ0) is 10.3. The smallest absolute Gasteiger partial charge is 0.338 e. The van der Waals surface area contributed by atoms with E-state index >= 15 is 0 Å². The van der Waals surface area contributed by atoms with Crippen LogP contribution in [0.3, 0.4) is 0 Å². The van der Waals surface area contributed by atoms with Gasteiger partial charge in [0.2, 0.25) is 0 Å². The molecule has 0 aliphatic heterocycles. The first-order chi connectivity index (χ1) is 6.59. The van der Waals surface area contributed by atoms with Crippen LogP contribution in [-0.2, 0) is 0 Å². The molecule has 2 aromatic rings. The highest BCUT2D eigenvalue weighted by molar-refractivity contribution is 6.38. The third-order valence-electron chi connectivity index (χ3n) is 1.96. The van der Waals surface area contributed by atoms with Gasteiger partial charge in [-0.15, -0.1) is 0 Å². The van der Waals surface area contributed by atoms with Gasteiger partial charge in [0.05, 0.1) is 10.6 Å². The van der Waals surface area contributed by atoms with Gasteiger partial charge in [0.1, 0.15) is 5.65 Å². The van der Waals surface area contributed by atoms with Crippen LogP contribution in [0.1, 0.15) is 16.1 Å². The molecular formula is C9H7ClN2O2. The number of fused-ring (bicyclic) bond motifs is 1. The normalized spacial score (nSPS) is 10.7. The van der Waals surface area contributed by atoms with Crippen molar-refractivity contribution in [3.63, 3.8) is 0 Å². The number of aryl methyl sites for hydroxylation is 1. The van der Waals surface area contributed by atoms with Crippen LogP contribution in [0.15, 0.2) is 12.3 Å². The van der Waals surface area contributed by atoms with E-state index in [9.17, 15) is 4.79 Å². The van der Waals surface area contributed by atoms with E-state index < -0.39 is 5.97 Å². The number of nitrogens with one attached hydrogen (secondary N) is 1. The maximum Gasteiger partial charge on any atom is 0.338 e. The van der Waals surface area contributed by atoms with Gasteiger partial charge in [0.15, 0.2) is 0 Å². The molecule has 2 aromatic heterocycles. The molecular weight excluding hydrogens is 204 g/mol. The minimum absolute atomic E-state index is 0.0261. The fourth-order valence-electron chi connectivity index (χ4n) is 1.32. The van der Waals surface area contributed by atoms with Crippen molar-refractivity contribution in [1.82, 2.24) is 9.97 Å². The van der Waals surface area contributed by atoms with E-state index in [1.165, 1.54) is 6.20 Å². The minimum atomic E-state index is -1.07. The monoisotopic (exact) mass is 210 g/mol. The number of hydrogen-bond acceptors (Lipinski definition) is 2. The van der Waals surface area contributed by atoms with Crippen molar-refractivity contribution in [2.75, 3.05) is 0 Å². The molecule has 2 rings (SSSR count). The van der Waals surface area contributed by atoms with Crippen molar-refractivity contribution >= 4 is 28.6 Å². The van der Waals surface area contributed by atoms with Gasteiger partial charge in [-0.3, -0.25) is 0 Å². The highest BCUT2D eigenvalue weighted by atomic mass is 35.5. The molecule has 4 nitrogen and oxygen atoms in total. The summed E-state index contributed by atoms with van der Waals surface area (Å²) in [5, 5.41) is 9.67. The predicted octanol–water partition coefficient (Wildman–Crippen LogP) is 2.22. The number of halogens is 1. The van der Waals surface area contributed by atoms with Crippen LogP contribution in [0.5, 0.6) is 0 Å². The van der Waals surface area contributed by atoms with E-state index in [4.69, 9.17) is 16.7 Å². The fourth-order valence-corrected chi connectivity index (χ4v) is 1.60.